The maximum atomic E-state index is 13.5. The second-order valence-electron chi connectivity index (χ2n) is 8.00. The number of ketones is 1. The molecule has 1 aromatic heterocycles. The molecule has 166 valence electrons. The second kappa shape index (κ2) is 8.56. The van der Waals surface area contributed by atoms with Crippen molar-refractivity contribution in [3.05, 3.63) is 83.9 Å². The topological polar surface area (TPSA) is 50.5 Å². The standard InChI is InChI=1S/C26H18BrF2NO3/c27-12-23(31)24-11-19-9-18(10-22(25(19)33-24)16-5-7-20(28)8-6-16)15-1-3-17(4-2-15)26(32)30-13-21(29)14-30/h1-11,21H,12-14H2. The minimum absolute atomic E-state index is 0.133. The third kappa shape index (κ3) is 4.09. The average molecular weight is 510 g/mol. The molecule has 0 atom stereocenters. The second-order valence-corrected chi connectivity index (χ2v) is 8.56. The Bertz CT molecular complexity index is 1360. The van der Waals surface area contributed by atoms with E-state index in [2.05, 4.69) is 15.9 Å². The first-order chi connectivity index (χ1) is 15.9. The fourth-order valence-electron chi connectivity index (χ4n) is 3.95. The summed E-state index contributed by atoms with van der Waals surface area (Å²) in [6.45, 7) is 0.266. The van der Waals surface area contributed by atoms with Crippen molar-refractivity contribution in [2.45, 2.75) is 6.17 Å². The highest BCUT2D eigenvalue weighted by Crippen LogP contribution is 2.36. The number of carbonyl (C=O) groups is 2. The molecule has 1 saturated heterocycles. The summed E-state index contributed by atoms with van der Waals surface area (Å²) in [4.78, 5) is 26.1. The Morgan fingerprint density at radius 2 is 1.61 bits per heavy atom. The van der Waals surface area contributed by atoms with Crippen LogP contribution in [0, 0.1) is 5.82 Å². The summed E-state index contributed by atoms with van der Waals surface area (Å²) in [6.07, 6.45) is -0.943. The Hall–Kier alpha value is -3.32. The van der Waals surface area contributed by atoms with Gasteiger partial charge in [0.2, 0.25) is 5.78 Å². The number of furan rings is 1. The van der Waals surface area contributed by atoms with E-state index in [-0.39, 0.29) is 41.7 Å². The molecular formula is C26H18BrF2NO3. The molecule has 0 aliphatic carbocycles. The zero-order valence-electron chi connectivity index (χ0n) is 17.4. The number of nitrogens with zero attached hydrogens (tertiary/aromatic N) is 1. The molecule has 0 N–H and O–H groups in total. The highest BCUT2D eigenvalue weighted by molar-refractivity contribution is 9.09. The van der Waals surface area contributed by atoms with Crippen LogP contribution in [-0.2, 0) is 0 Å². The molecule has 4 nitrogen and oxygen atoms in total. The van der Waals surface area contributed by atoms with Gasteiger partial charge in [-0.2, -0.15) is 0 Å². The lowest BCUT2D eigenvalue weighted by atomic mass is 9.96. The van der Waals surface area contributed by atoms with Crippen molar-refractivity contribution in [1.82, 2.24) is 4.90 Å². The normalized spacial score (nSPS) is 13.8. The Morgan fingerprint density at radius 1 is 0.939 bits per heavy atom. The highest BCUT2D eigenvalue weighted by atomic mass is 79.9. The lowest BCUT2D eigenvalue weighted by molar-refractivity contribution is 0.0400. The molecule has 0 bridgehead atoms. The number of halogens is 3. The molecule has 0 saturated carbocycles. The molecule has 1 aliphatic heterocycles. The Kier molecular flexibility index (Phi) is 5.58. The van der Waals surface area contributed by atoms with Gasteiger partial charge < -0.3 is 9.32 Å². The van der Waals surface area contributed by atoms with Crippen molar-refractivity contribution < 1.29 is 22.8 Å². The number of fused-ring (bicyclic) bond motifs is 1. The lowest BCUT2D eigenvalue weighted by Crippen LogP contribution is -2.51. The van der Waals surface area contributed by atoms with Crippen LogP contribution in [0.25, 0.3) is 33.2 Å². The lowest BCUT2D eigenvalue weighted by Gasteiger charge is -2.34. The molecule has 5 rings (SSSR count). The van der Waals surface area contributed by atoms with Crippen LogP contribution in [0.1, 0.15) is 20.9 Å². The number of hydrogen-bond donors (Lipinski definition) is 0. The monoisotopic (exact) mass is 509 g/mol. The summed E-state index contributed by atoms with van der Waals surface area (Å²) in [7, 11) is 0. The van der Waals surface area contributed by atoms with Crippen molar-refractivity contribution in [2.24, 2.45) is 0 Å². The third-order valence-electron chi connectivity index (χ3n) is 5.76. The summed E-state index contributed by atoms with van der Waals surface area (Å²) in [5.74, 6) is -0.473. The van der Waals surface area contributed by atoms with Gasteiger partial charge in [0, 0.05) is 16.5 Å². The van der Waals surface area contributed by atoms with Crippen molar-refractivity contribution in [1.29, 1.82) is 0 Å². The number of hydrogen-bond acceptors (Lipinski definition) is 3. The van der Waals surface area contributed by atoms with Gasteiger partial charge in [-0.15, -0.1) is 0 Å². The Labute approximate surface area is 196 Å². The van der Waals surface area contributed by atoms with E-state index in [0.29, 0.717) is 11.1 Å². The average Bonchev–Trinajstić information content (AvgIpc) is 3.25. The van der Waals surface area contributed by atoms with Crippen LogP contribution in [0.5, 0.6) is 0 Å². The molecule has 0 spiro atoms. The first kappa shape index (κ1) is 21.5. The van der Waals surface area contributed by atoms with E-state index in [1.807, 2.05) is 24.3 Å². The van der Waals surface area contributed by atoms with E-state index in [4.69, 9.17) is 4.42 Å². The minimum atomic E-state index is -0.943. The summed E-state index contributed by atoms with van der Waals surface area (Å²) in [6, 6.07) is 18.7. The number of alkyl halides is 2. The molecule has 7 heteroatoms. The fraction of sp³-hybridized carbons (Fsp3) is 0.154. The minimum Gasteiger partial charge on any atom is -0.452 e. The van der Waals surface area contributed by atoms with Crippen LogP contribution in [0.4, 0.5) is 8.78 Å². The van der Waals surface area contributed by atoms with E-state index in [1.165, 1.54) is 17.0 Å². The highest BCUT2D eigenvalue weighted by Gasteiger charge is 2.30. The molecular weight excluding hydrogens is 492 g/mol. The van der Waals surface area contributed by atoms with Gasteiger partial charge in [0.05, 0.1) is 18.4 Å². The van der Waals surface area contributed by atoms with Gasteiger partial charge in [0.25, 0.3) is 5.91 Å². The predicted octanol–water partition coefficient (Wildman–Crippen LogP) is 6.28. The number of benzene rings is 3. The summed E-state index contributed by atoms with van der Waals surface area (Å²) >= 11 is 3.17. The zero-order valence-corrected chi connectivity index (χ0v) is 18.9. The van der Waals surface area contributed by atoms with Crippen molar-refractivity contribution in [2.75, 3.05) is 18.4 Å². The van der Waals surface area contributed by atoms with Crippen molar-refractivity contribution >= 4 is 38.6 Å². The Balaban J connectivity index is 1.57. The first-order valence-electron chi connectivity index (χ1n) is 10.4. The van der Waals surface area contributed by atoms with Crippen molar-refractivity contribution in [3.63, 3.8) is 0 Å². The van der Waals surface area contributed by atoms with Gasteiger partial charge in [0.15, 0.2) is 5.76 Å². The smallest absolute Gasteiger partial charge is 0.254 e. The summed E-state index contributed by atoms with van der Waals surface area (Å²) < 4.78 is 32.5. The van der Waals surface area contributed by atoms with E-state index in [9.17, 15) is 18.4 Å². The molecule has 2 heterocycles. The van der Waals surface area contributed by atoms with Gasteiger partial charge in [-0.1, -0.05) is 40.2 Å². The molecule has 1 amide bonds. The number of Topliss-reactive ketones (excluding diaryl/α,β-unsaturated/α-hetero) is 1. The SMILES string of the molecule is O=C(CBr)c1cc2cc(-c3ccc(C(=O)N4CC(F)C4)cc3)cc(-c3ccc(F)cc3)c2o1. The van der Waals surface area contributed by atoms with Crippen LogP contribution < -0.4 is 0 Å². The zero-order chi connectivity index (χ0) is 23.1. The van der Waals surface area contributed by atoms with Crippen LogP contribution >= 0.6 is 15.9 Å². The third-order valence-corrected chi connectivity index (χ3v) is 6.27. The Morgan fingerprint density at radius 3 is 2.24 bits per heavy atom. The van der Waals surface area contributed by atoms with Gasteiger partial charge >= 0.3 is 0 Å². The van der Waals surface area contributed by atoms with E-state index in [1.54, 1.807) is 30.3 Å². The molecule has 0 radical (unpaired) electrons. The van der Waals surface area contributed by atoms with Crippen LogP contribution in [-0.4, -0.2) is 41.2 Å². The van der Waals surface area contributed by atoms with Crippen LogP contribution in [0.2, 0.25) is 0 Å². The van der Waals surface area contributed by atoms with Gasteiger partial charge in [-0.3, -0.25) is 9.59 Å². The van der Waals surface area contributed by atoms with Gasteiger partial charge in [-0.05, 0) is 59.2 Å². The fourth-order valence-corrected chi connectivity index (χ4v) is 4.22. The van der Waals surface area contributed by atoms with Crippen LogP contribution in [0.15, 0.2) is 71.1 Å². The maximum Gasteiger partial charge on any atom is 0.254 e. The maximum absolute atomic E-state index is 13.5. The molecule has 1 fully saturated rings. The number of likely N-dealkylation sites (tertiary alicyclic amines) is 1. The van der Waals surface area contributed by atoms with Crippen LogP contribution in [0.3, 0.4) is 0 Å². The van der Waals surface area contributed by atoms with Gasteiger partial charge in [0.1, 0.15) is 17.6 Å². The summed E-state index contributed by atoms with van der Waals surface area (Å²) in [5.41, 5.74) is 4.23. The number of amides is 1. The molecule has 0 unspecified atom stereocenters. The molecule has 4 aromatic rings. The number of rotatable bonds is 5. The predicted molar refractivity (Wildman–Crippen MR) is 126 cm³/mol. The quantitative estimate of drug-likeness (QED) is 0.235. The molecule has 1 aliphatic rings. The van der Waals surface area contributed by atoms with E-state index in [0.717, 1.165) is 27.6 Å². The summed E-state index contributed by atoms with van der Waals surface area (Å²) in [5, 5.41) is 0.882. The van der Waals surface area contributed by atoms with Crippen molar-refractivity contribution in [3.8, 4) is 22.3 Å². The van der Waals surface area contributed by atoms with E-state index < -0.39 is 6.17 Å². The first-order valence-corrected chi connectivity index (χ1v) is 11.5. The largest absolute Gasteiger partial charge is 0.452 e. The molecule has 33 heavy (non-hydrogen) atoms. The van der Waals surface area contributed by atoms with Gasteiger partial charge in [-0.25, -0.2) is 8.78 Å². The number of carbonyl (C=O) groups excluding carboxylic acids is 2. The molecule has 3 aromatic carbocycles. The van der Waals surface area contributed by atoms with E-state index >= 15 is 0 Å².